The summed E-state index contributed by atoms with van der Waals surface area (Å²) in [5.74, 6) is -0.0238. The van der Waals surface area contributed by atoms with E-state index in [-0.39, 0.29) is 29.9 Å². The number of hydrogen-bond donors (Lipinski definition) is 2. The fourth-order valence-corrected chi connectivity index (χ4v) is 4.59. The molecule has 1 aliphatic carbocycles. The zero-order valence-corrected chi connectivity index (χ0v) is 17.8. The molecule has 8 heteroatoms. The smallest absolute Gasteiger partial charge is 0.321 e. The molecule has 1 atom stereocenters. The van der Waals surface area contributed by atoms with Gasteiger partial charge in [-0.3, -0.25) is 24.7 Å². The third kappa shape index (κ3) is 6.67. The van der Waals surface area contributed by atoms with Gasteiger partial charge in [-0.15, -0.1) is 0 Å². The van der Waals surface area contributed by atoms with E-state index < -0.39 is 0 Å². The van der Waals surface area contributed by atoms with Crippen molar-refractivity contribution in [3.05, 3.63) is 0 Å². The van der Waals surface area contributed by atoms with Crippen LogP contribution in [0.15, 0.2) is 0 Å². The molecule has 2 heterocycles. The summed E-state index contributed by atoms with van der Waals surface area (Å²) in [6, 6.07) is -0.536. The van der Waals surface area contributed by atoms with Crippen molar-refractivity contribution in [3.8, 4) is 0 Å². The van der Waals surface area contributed by atoms with Crippen molar-refractivity contribution in [3.63, 3.8) is 0 Å². The third-order valence-corrected chi connectivity index (χ3v) is 6.58. The molecule has 29 heavy (non-hydrogen) atoms. The lowest BCUT2D eigenvalue weighted by atomic mass is 10.2. The molecule has 3 fully saturated rings. The third-order valence-electron chi connectivity index (χ3n) is 6.58. The molecule has 0 bridgehead atoms. The zero-order valence-electron chi connectivity index (χ0n) is 17.8. The van der Waals surface area contributed by atoms with Gasteiger partial charge in [0.1, 0.15) is 0 Å². The summed E-state index contributed by atoms with van der Waals surface area (Å²) in [4.78, 5) is 43.3. The topological polar surface area (TPSA) is 85.0 Å². The molecule has 0 aromatic rings. The molecule has 4 amide bonds. The van der Waals surface area contributed by atoms with E-state index in [1.807, 2.05) is 11.8 Å². The number of hydrogen-bond acceptors (Lipinski definition) is 5. The lowest BCUT2D eigenvalue weighted by molar-refractivity contribution is -0.133. The van der Waals surface area contributed by atoms with E-state index in [0.29, 0.717) is 6.54 Å². The molecule has 0 spiro atoms. The summed E-state index contributed by atoms with van der Waals surface area (Å²) in [5, 5.41) is 5.38. The normalized spacial score (nSPS) is 23.4. The minimum atomic E-state index is -0.379. The van der Waals surface area contributed by atoms with Crippen LogP contribution >= 0.6 is 0 Å². The van der Waals surface area contributed by atoms with Crippen molar-refractivity contribution in [1.82, 2.24) is 25.3 Å². The van der Waals surface area contributed by atoms with Gasteiger partial charge in [0, 0.05) is 45.3 Å². The largest absolute Gasteiger partial charge is 0.342 e. The van der Waals surface area contributed by atoms with Crippen molar-refractivity contribution in [1.29, 1.82) is 0 Å². The molecule has 1 unspecified atom stereocenters. The van der Waals surface area contributed by atoms with Crippen LogP contribution in [0.1, 0.15) is 58.3 Å². The van der Waals surface area contributed by atoms with Gasteiger partial charge >= 0.3 is 6.03 Å². The van der Waals surface area contributed by atoms with Crippen molar-refractivity contribution in [2.45, 2.75) is 70.4 Å². The maximum Gasteiger partial charge on any atom is 0.321 e. The van der Waals surface area contributed by atoms with Crippen LogP contribution in [0, 0.1) is 0 Å². The zero-order chi connectivity index (χ0) is 20.6. The number of likely N-dealkylation sites (tertiary alicyclic amines) is 1. The van der Waals surface area contributed by atoms with Crippen molar-refractivity contribution in [2.75, 3.05) is 45.8 Å². The molecule has 0 aromatic carbocycles. The quantitative estimate of drug-likeness (QED) is 0.715. The highest BCUT2D eigenvalue weighted by molar-refractivity contribution is 5.96. The van der Waals surface area contributed by atoms with Gasteiger partial charge in [0.15, 0.2) is 0 Å². The van der Waals surface area contributed by atoms with E-state index in [4.69, 9.17) is 0 Å². The minimum absolute atomic E-state index is 0.198. The highest BCUT2D eigenvalue weighted by Crippen LogP contribution is 2.17. The average Bonchev–Trinajstić information content (AvgIpc) is 3.06. The Bertz CT molecular complexity index is 563. The van der Waals surface area contributed by atoms with Gasteiger partial charge in [0.05, 0.1) is 12.6 Å². The fourth-order valence-electron chi connectivity index (χ4n) is 4.59. The first kappa shape index (κ1) is 22.0. The Hall–Kier alpha value is -1.67. The first-order chi connectivity index (χ1) is 14.0. The monoisotopic (exact) mass is 407 g/mol. The van der Waals surface area contributed by atoms with Gasteiger partial charge in [-0.1, -0.05) is 25.7 Å². The molecule has 2 N–H and O–H groups in total. The Morgan fingerprint density at radius 3 is 2.10 bits per heavy atom. The highest BCUT2D eigenvalue weighted by atomic mass is 16.2. The Kier molecular flexibility index (Phi) is 8.29. The van der Waals surface area contributed by atoms with Crippen LogP contribution in [0.4, 0.5) is 4.79 Å². The molecule has 1 saturated carbocycles. The van der Waals surface area contributed by atoms with Crippen LogP contribution in [0.5, 0.6) is 0 Å². The van der Waals surface area contributed by atoms with Crippen molar-refractivity contribution in [2.24, 2.45) is 0 Å². The van der Waals surface area contributed by atoms with Crippen LogP contribution in [0.25, 0.3) is 0 Å². The standard InChI is InChI=1S/C21H37N5O3/c1-17(20(28)23-21(29)22-18-8-4-5-9-18)25-14-12-24(13-15-25)16-19(27)26-10-6-2-3-7-11-26/h17-18H,2-16H2,1H3,(H2,22,23,28,29). The Morgan fingerprint density at radius 2 is 1.48 bits per heavy atom. The van der Waals surface area contributed by atoms with Gasteiger partial charge in [-0.05, 0) is 32.6 Å². The van der Waals surface area contributed by atoms with Crippen LogP contribution in [0.2, 0.25) is 0 Å². The number of carbonyl (C=O) groups excluding carboxylic acids is 3. The van der Waals surface area contributed by atoms with E-state index in [2.05, 4.69) is 20.4 Å². The summed E-state index contributed by atoms with van der Waals surface area (Å²) < 4.78 is 0. The number of imide groups is 1. The molecule has 0 radical (unpaired) electrons. The number of piperazine rings is 1. The predicted octanol–water partition coefficient (Wildman–Crippen LogP) is 1.16. The van der Waals surface area contributed by atoms with Crippen molar-refractivity contribution < 1.29 is 14.4 Å². The lowest BCUT2D eigenvalue weighted by Crippen LogP contribution is -2.56. The van der Waals surface area contributed by atoms with E-state index in [9.17, 15) is 14.4 Å². The number of nitrogens with one attached hydrogen (secondary N) is 2. The molecule has 8 nitrogen and oxygen atoms in total. The maximum atomic E-state index is 12.6. The lowest BCUT2D eigenvalue weighted by Gasteiger charge is -2.37. The summed E-state index contributed by atoms with van der Waals surface area (Å²) >= 11 is 0. The van der Waals surface area contributed by atoms with Crippen LogP contribution in [-0.4, -0.2) is 90.4 Å². The molecule has 3 aliphatic rings. The molecule has 0 aromatic heterocycles. The van der Waals surface area contributed by atoms with E-state index >= 15 is 0 Å². The Labute approximate surface area is 174 Å². The number of carbonyl (C=O) groups is 3. The van der Waals surface area contributed by atoms with E-state index in [1.54, 1.807) is 0 Å². The molecule has 164 valence electrons. The van der Waals surface area contributed by atoms with Gasteiger partial charge < -0.3 is 10.2 Å². The predicted molar refractivity (Wildman–Crippen MR) is 111 cm³/mol. The molecule has 2 saturated heterocycles. The van der Waals surface area contributed by atoms with Crippen LogP contribution in [0.3, 0.4) is 0 Å². The first-order valence-corrected chi connectivity index (χ1v) is 11.4. The number of nitrogens with zero attached hydrogens (tertiary/aromatic N) is 3. The van der Waals surface area contributed by atoms with Gasteiger partial charge in [0.25, 0.3) is 0 Å². The average molecular weight is 408 g/mol. The maximum absolute atomic E-state index is 12.6. The second-order valence-corrected chi connectivity index (χ2v) is 8.73. The van der Waals surface area contributed by atoms with E-state index in [0.717, 1.165) is 77.8 Å². The molecular formula is C21H37N5O3. The SMILES string of the molecule is CC(C(=O)NC(=O)NC1CCCC1)N1CCN(CC(=O)N2CCCCCC2)CC1. The number of amides is 4. The van der Waals surface area contributed by atoms with Gasteiger partial charge in [-0.2, -0.15) is 0 Å². The number of rotatable bonds is 5. The summed E-state index contributed by atoms with van der Waals surface area (Å²) in [5.41, 5.74) is 0. The number of urea groups is 1. The first-order valence-electron chi connectivity index (χ1n) is 11.4. The Balaban J connectivity index is 1.37. The van der Waals surface area contributed by atoms with Crippen molar-refractivity contribution >= 4 is 17.8 Å². The van der Waals surface area contributed by atoms with Gasteiger partial charge in [-0.25, -0.2) is 4.79 Å². The summed E-state index contributed by atoms with van der Waals surface area (Å²) in [7, 11) is 0. The second-order valence-electron chi connectivity index (χ2n) is 8.73. The highest BCUT2D eigenvalue weighted by Gasteiger charge is 2.28. The summed E-state index contributed by atoms with van der Waals surface area (Å²) in [6.07, 6.45) is 8.94. The second kappa shape index (κ2) is 10.9. The molecular weight excluding hydrogens is 370 g/mol. The van der Waals surface area contributed by atoms with E-state index in [1.165, 1.54) is 12.8 Å². The van der Waals surface area contributed by atoms with Crippen LogP contribution < -0.4 is 10.6 Å². The minimum Gasteiger partial charge on any atom is -0.342 e. The molecule has 2 aliphatic heterocycles. The van der Waals surface area contributed by atoms with Gasteiger partial charge in [0.2, 0.25) is 11.8 Å². The van der Waals surface area contributed by atoms with Crippen LogP contribution in [-0.2, 0) is 9.59 Å². The fraction of sp³-hybridized carbons (Fsp3) is 0.857. The molecule has 3 rings (SSSR count). The summed E-state index contributed by atoms with van der Waals surface area (Å²) in [6.45, 7) is 7.08. The Morgan fingerprint density at radius 1 is 0.862 bits per heavy atom.